The SMILES string of the molecule is CO[C@H]1C[C@@H](CC(=O)O)N(C(=O)c2ccc3sccc3c2)C1. The van der Waals surface area contributed by atoms with Gasteiger partial charge in [-0.25, -0.2) is 0 Å². The van der Waals surface area contributed by atoms with Gasteiger partial charge < -0.3 is 14.7 Å². The maximum absolute atomic E-state index is 12.7. The van der Waals surface area contributed by atoms with Gasteiger partial charge >= 0.3 is 5.97 Å². The molecule has 116 valence electrons. The summed E-state index contributed by atoms with van der Waals surface area (Å²) in [5, 5.41) is 12.1. The highest BCUT2D eigenvalue weighted by Crippen LogP contribution is 2.27. The normalized spacial score (nSPS) is 21.4. The van der Waals surface area contributed by atoms with Gasteiger partial charge in [0.2, 0.25) is 0 Å². The molecule has 0 bridgehead atoms. The average molecular weight is 319 g/mol. The molecule has 0 saturated carbocycles. The Labute approximate surface area is 132 Å². The zero-order valence-corrected chi connectivity index (χ0v) is 13.0. The third-order valence-corrected chi connectivity index (χ3v) is 4.98. The Morgan fingerprint density at radius 3 is 2.95 bits per heavy atom. The summed E-state index contributed by atoms with van der Waals surface area (Å²) in [6.45, 7) is 0.439. The predicted molar refractivity (Wildman–Crippen MR) is 84.3 cm³/mol. The lowest BCUT2D eigenvalue weighted by Gasteiger charge is -2.23. The lowest BCUT2D eigenvalue weighted by molar-refractivity contribution is -0.137. The fraction of sp³-hybridized carbons (Fsp3) is 0.375. The summed E-state index contributed by atoms with van der Waals surface area (Å²) in [4.78, 5) is 25.4. The van der Waals surface area contributed by atoms with Gasteiger partial charge in [0.15, 0.2) is 0 Å². The molecule has 1 aliphatic heterocycles. The van der Waals surface area contributed by atoms with E-state index in [0.29, 0.717) is 18.5 Å². The first-order valence-electron chi connectivity index (χ1n) is 7.11. The van der Waals surface area contributed by atoms with Crippen molar-refractivity contribution in [3.63, 3.8) is 0 Å². The minimum absolute atomic E-state index is 0.0493. The van der Waals surface area contributed by atoms with E-state index in [1.807, 2.05) is 23.6 Å². The van der Waals surface area contributed by atoms with Gasteiger partial charge in [-0.05, 0) is 41.5 Å². The summed E-state index contributed by atoms with van der Waals surface area (Å²) < 4.78 is 6.45. The number of likely N-dealkylation sites (tertiary alicyclic amines) is 1. The van der Waals surface area contributed by atoms with Crippen molar-refractivity contribution in [2.75, 3.05) is 13.7 Å². The predicted octanol–water partition coefficient (Wildman–Crippen LogP) is 2.61. The van der Waals surface area contributed by atoms with Gasteiger partial charge in [-0.15, -0.1) is 11.3 Å². The first-order chi connectivity index (χ1) is 10.6. The van der Waals surface area contributed by atoms with Gasteiger partial charge in [0.25, 0.3) is 5.91 Å². The van der Waals surface area contributed by atoms with Crippen LogP contribution in [-0.2, 0) is 9.53 Å². The second kappa shape index (κ2) is 6.06. The number of carbonyl (C=O) groups is 2. The number of hydrogen-bond donors (Lipinski definition) is 1. The quantitative estimate of drug-likeness (QED) is 0.940. The molecule has 1 fully saturated rings. The van der Waals surface area contributed by atoms with Gasteiger partial charge in [0, 0.05) is 30.0 Å². The van der Waals surface area contributed by atoms with E-state index in [9.17, 15) is 9.59 Å². The number of nitrogens with zero attached hydrogens (tertiary/aromatic N) is 1. The minimum Gasteiger partial charge on any atom is -0.481 e. The molecule has 2 aromatic rings. The summed E-state index contributed by atoms with van der Waals surface area (Å²) in [5.74, 6) is -1.02. The largest absolute Gasteiger partial charge is 0.481 e. The second-order valence-corrected chi connectivity index (χ2v) is 6.42. The highest BCUT2D eigenvalue weighted by atomic mass is 32.1. The van der Waals surface area contributed by atoms with Crippen molar-refractivity contribution in [3.05, 3.63) is 35.2 Å². The number of carboxylic acids is 1. The van der Waals surface area contributed by atoms with Crippen molar-refractivity contribution in [3.8, 4) is 0 Å². The fourth-order valence-electron chi connectivity index (χ4n) is 2.95. The van der Waals surface area contributed by atoms with E-state index >= 15 is 0 Å². The maximum Gasteiger partial charge on any atom is 0.305 e. The summed E-state index contributed by atoms with van der Waals surface area (Å²) in [5.41, 5.74) is 0.595. The van der Waals surface area contributed by atoms with Crippen LogP contribution in [-0.4, -0.2) is 47.7 Å². The molecular weight excluding hydrogens is 302 g/mol. The highest BCUT2D eigenvalue weighted by Gasteiger charge is 2.36. The molecule has 1 aliphatic rings. The molecule has 3 rings (SSSR count). The molecule has 0 aliphatic carbocycles. The lowest BCUT2D eigenvalue weighted by Crippen LogP contribution is -2.37. The Kier molecular flexibility index (Phi) is 4.13. The molecule has 1 saturated heterocycles. The van der Waals surface area contributed by atoms with Crippen LogP contribution in [0.2, 0.25) is 0 Å². The number of fused-ring (bicyclic) bond motifs is 1. The van der Waals surface area contributed by atoms with Crippen LogP contribution in [0, 0.1) is 0 Å². The molecule has 0 radical (unpaired) electrons. The first-order valence-corrected chi connectivity index (χ1v) is 7.99. The number of amides is 1. The minimum atomic E-state index is -0.896. The van der Waals surface area contributed by atoms with Crippen LogP contribution in [0.4, 0.5) is 0 Å². The number of benzene rings is 1. The number of methoxy groups -OCH3 is 1. The molecule has 5 nitrogen and oxygen atoms in total. The highest BCUT2D eigenvalue weighted by molar-refractivity contribution is 7.17. The van der Waals surface area contributed by atoms with E-state index < -0.39 is 5.97 Å². The van der Waals surface area contributed by atoms with Crippen molar-refractivity contribution < 1.29 is 19.4 Å². The number of aliphatic carboxylic acids is 1. The summed E-state index contributed by atoms with van der Waals surface area (Å²) >= 11 is 1.63. The number of rotatable bonds is 4. The topological polar surface area (TPSA) is 66.8 Å². The Morgan fingerprint density at radius 2 is 2.23 bits per heavy atom. The van der Waals surface area contributed by atoms with E-state index in [4.69, 9.17) is 9.84 Å². The van der Waals surface area contributed by atoms with E-state index in [2.05, 4.69) is 0 Å². The van der Waals surface area contributed by atoms with Gasteiger partial charge in [0.1, 0.15) is 0 Å². The molecule has 2 atom stereocenters. The number of carbonyl (C=O) groups excluding carboxylic acids is 1. The Bertz CT molecular complexity index is 711. The Morgan fingerprint density at radius 1 is 1.41 bits per heavy atom. The molecule has 6 heteroatoms. The molecule has 1 aromatic carbocycles. The zero-order chi connectivity index (χ0) is 15.7. The van der Waals surface area contributed by atoms with Crippen LogP contribution >= 0.6 is 11.3 Å². The Balaban J connectivity index is 1.86. The average Bonchev–Trinajstić information content (AvgIpc) is 3.11. The number of hydrogen-bond acceptors (Lipinski definition) is 4. The van der Waals surface area contributed by atoms with Crippen molar-refractivity contribution in [1.29, 1.82) is 0 Å². The molecular formula is C16H17NO4S. The molecule has 1 aromatic heterocycles. The molecule has 22 heavy (non-hydrogen) atoms. The van der Waals surface area contributed by atoms with Crippen molar-refractivity contribution >= 4 is 33.3 Å². The van der Waals surface area contributed by atoms with E-state index in [1.54, 1.807) is 29.4 Å². The van der Waals surface area contributed by atoms with E-state index in [1.165, 1.54) is 0 Å². The van der Waals surface area contributed by atoms with Crippen LogP contribution in [0.1, 0.15) is 23.2 Å². The first kappa shape index (κ1) is 15.0. The van der Waals surface area contributed by atoms with Crippen LogP contribution < -0.4 is 0 Å². The number of carboxylic acid groups (broad SMARTS) is 1. The van der Waals surface area contributed by atoms with Crippen LogP contribution in [0.25, 0.3) is 10.1 Å². The van der Waals surface area contributed by atoms with E-state index in [0.717, 1.165) is 10.1 Å². The van der Waals surface area contributed by atoms with Crippen molar-refractivity contribution in [2.24, 2.45) is 0 Å². The third kappa shape index (κ3) is 2.84. The van der Waals surface area contributed by atoms with Crippen LogP contribution in [0.5, 0.6) is 0 Å². The second-order valence-electron chi connectivity index (χ2n) is 5.48. The van der Waals surface area contributed by atoms with Crippen molar-refractivity contribution in [1.82, 2.24) is 4.90 Å². The van der Waals surface area contributed by atoms with Crippen LogP contribution in [0.15, 0.2) is 29.6 Å². The molecule has 0 unspecified atom stereocenters. The number of thiophene rings is 1. The Hall–Kier alpha value is -1.92. The fourth-order valence-corrected chi connectivity index (χ4v) is 3.72. The van der Waals surface area contributed by atoms with E-state index in [-0.39, 0.29) is 24.5 Å². The molecule has 2 heterocycles. The maximum atomic E-state index is 12.7. The summed E-state index contributed by atoms with van der Waals surface area (Å²) in [6, 6.07) is 7.27. The van der Waals surface area contributed by atoms with Crippen molar-refractivity contribution in [2.45, 2.75) is 25.0 Å². The number of ether oxygens (including phenoxy) is 1. The zero-order valence-electron chi connectivity index (χ0n) is 12.2. The molecule has 0 spiro atoms. The summed E-state index contributed by atoms with van der Waals surface area (Å²) in [6.07, 6.45) is 0.416. The molecule has 1 N–H and O–H groups in total. The monoisotopic (exact) mass is 319 g/mol. The third-order valence-electron chi connectivity index (χ3n) is 4.08. The summed E-state index contributed by atoms with van der Waals surface area (Å²) in [7, 11) is 1.59. The van der Waals surface area contributed by atoms with Gasteiger partial charge in [-0.1, -0.05) is 0 Å². The molecule has 1 amide bonds. The van der Waals surface area contributed by atoms with Gasteiger partial charge in [-0.2, -0.15) is 0 Å². The van der Waals surface area contributed by atoms with Crippen LogP contribution in [0.3, 0.4) is 0 Å². The standard InChI is InChI=1S/C16H17NO4S/c1-21-13-7-12(8-15(18)19)17(9-13)16(20)11-2-3-14-10(6-11)4-5-22-14/h2-6,12-13H,7-9H2,1H3,(H,18,19)/t12-,13-/m0/s1. The smallest absolute Gasteiger partial charge is 0.305 e. The lowest BCUT2D eigenvalue weighted by atomic mass is 10.1. The van der Waals surface area contributed by atoms with Gasteiger partial charge in [0.05, 0.1) is 12.5 Å². The van der Waals surface area contributed by atoms with Gasteiger partial charge in [-0.3, -0.25) is 9.59 Å².